The van der Waals surface area contributed by atoms with Gasteiger partial charge in [-0.05, 0) is 57.7 Å². The zero-order valence-electron chi connectivity index (χ0n) is 16.5. The van der Waals surface area contributed by atoms with Crippen molar-refractivity contribution < 1.29 is 28.3 Å². The van der Waals surface area contributed by atoms with Crippen LogP contribution in [0.1, 0.15) is 32.2 Å². The summed E-state index contributed by atoms with van der Waals surface area (Å²) in [5.41, 5.74) is -0.178. The highest BCUT2D eigenvalue weighted by Gasteiger charge is 2.45. The van der Waals surface area contributed by atoms with Gasteiger partial charge in [0.05, 0.1) is 23.8 Å². The summed E-state index contributed by atoms with van der Waals surface area (Å²) in [7, 11) is 0. The summed E-state index contributed by atoms with van der Waals surface area (Å²) >= 11 is 3.35. The van der Waals surface area contributed by atoms with E-state index in [1.807, 2.05) is 0 Å². The van der Waals surface area contributed by atoms with E-state index in [1.165, 1.54) is 18.2 Å². The minimum atomic E-state index is -1.05. The summed E-state index contributed by atoms with van der Waals surface area (Å²) in [6.45, 7) is 2.44. The predicted molar refractivity (Wildman–Crippen MR) is 107 cm³/mol. The van der Waals surface area contributed by atoms with Crippen LogP contribution in [0.25, 0.3) is 11.6 Å². The monoisotopic (exact) mass is 495 g/mol. The van der Waals surface area contributed by atoms with Crippen molar-refractivity contribution in [3.63, 3.8) is 0 Å². The third-order valence-corrected chi connectivity index (χ3v) is 5.65. The Morgan fingerprint density at radius 2 is 2.13 bits per heavy atom. The molecule has 0 amide bonds. The number of ether oxygens (including phenoxy) is 2. The molecule has 1 unspecified atom stereocenters. The second kappa shape index (κ2) is 8.61. The molecule has 164 valence electrons. The van der Waals surface area contributed by atoms with Crippen LogP contribution in [-0.4, -0.2) is 49.7 Å². The molecule has 1 N–H and O–H groups in total. The van der Waals surface area contributed by atoms with Crippen LogP contribution in [0.4, 0.5) is 4.39 Å². The lowest BCUT2D eigenvalue weighted by Crippen LogP contribution is -2.21. The van der Waals surface area contributed by atoms with E-state index >= 15 is 0 Å². The highest BCUT2D eigenvalue weighted by Crippen LogP contribution is 2.46. The average Bonchev–Trinajstić information content (AvgIpc) is 3.13. The number of carboxylic acids is 1. The molecule has 2 aromatic heterocycles. The van der Waals surface area contributed by atoms with Crippen LogP contribution in [-0.2, 0) is 4.79 Å². The summed E-state index contributed by atoms with van der Waals surface area (Å²) in [5, 5.41) is 24.7. The highest BCUT2D eigenvalue weighted by molar-refractivity contribution is 9.10. The van der Waals surface area contributed by atoms with Gasteiger partial charge in [-0.2, -0.15) is 0 Å². The third kappa shape index (κ3) is 4.84. The summed E-state index contributed by atoms with van der Waals surface area (Å²) < 4.78 is 30.8. The van der Waals surface area contributed by atoms with Gasteiger partial charge in [0.1, 0.15) is 11.6 Å². The Bertz CT molecular complexity index is 1080. The van der Waals surface area contributed by atoms with Gasteiger partial charge in [-0.25, -0.2) is 9.18 Å². The first-order valence-electron chi connectivity index (χ1n) is 9.59. The summed E-state index contributed by atoms with van der Waals surface area (Å²) in [6.07, 6.45) is 2.13. The highest BCUT2D eigenvalue weighted by atomic mass is 79.9. The molecule has 1 atom stereocenters. The summed E-state index contributed by atoms with van der Waals surface area (Å²) in [4.78, 5) is 12.3. The zero-order chi connectivity index (χ0) is 22.0. The Morgan fingerprint density at radius 1 is 1.35 bits per heavy atom. The quantitative estimate of drug-likeness (QED) is 0.449. The Hall–Kier alpha value is -3.02. The number of carbonyl (C=O) groups is 1. The summed E-state index contributed by atoms with van der Waals surface area (Å²) in [6, 6.07) is 4.89. The van der Waals surface area contributed by atoms with Gasteiger partial charge in [0, 0.05) is 11.5 Å². The van der Waals surface area contributed by atoms with E-state index in [2.05, 4.69) is 36.5 Å². The minimum absolute atomic E-state index is 0.113. The van der Waals surface area contributed by atoms with Crippen molar-refractivity contribution in [2.24, 2.45) is 5.41 Å². The predicted octanol–water partition coefficient (Wildman–Crippen LogP) is 3.50. The number of nitrogens with zero attached hydrogens (tertiary/aromatic N) is 5. The molecule has 2 heterocycles. The van der Waals surface area contributed by atoms with Gasteiger partial charge < -0.3 is 19.1 Å². The normalized spacial score (nSPS) is 15.5. The van der Waals surface area contributed by atoms with Crippen molar-refractivity contribution in [1.82, 2.24) is 25.4 Å². The maximum atomic E-state index is 13.4. The standard InChI is InChI=1S/C19H19BrFN5O5/c1-2-13(18(27)28)26-23-17(22-25-26)15-8-16(24-31-15)30-10-19(5-6-19)9-29-14-7-11(21)3-4-12(14)20/h3-4,7-8,13H,2,5-6,9-10H2,1H3,(H,27,28). The number of tetrazole rings is 1. The molecule has 1 fully saturated rings. The van der Waals surface area contributed by atoms with Crippen molar-refractivity contribution in [3.8, 4) is 23.2 Å². The van der Waals surface area contributed by atoms with E-state index in [-0.39, 0.29) is 28.7 Å². The molecule has 0 bridgehead atoms. The lowest BCUT2D eigenvalue weighted by molar-refractivity contribution is -0.141. The van der Waals surface area contributed by atoms with Crippen LogP contribution in [0.3, 0.4) is 0 Å². The van der Waals surface area contributed by atoms with E-state index in [1.54, 1.807) is 13.0 Å². The molecule has 10 nitrogen and oxygen atoms in total. The van der Waals surface area contributed by atoms with Crippen molar-refractivity contribution in [1.29, 1.82) is 0 Å². The molecule has 1 aromatic carbocycles. The fourth-order valence-electron chi connectivity index (χ4n) is 2.88. The first-order valence-corrected chi connectivity index (χ1v) is 10.4. The molecule has 0 radical (unpaired) electrons. The Labute approximate surface area is 184 Å². The SMILES string of the molecule is CCC(C(=O)O)n1nnc(-c2cc(OCC3(COc4cc(F)ccc4Br)CC3)no2)n1. The molecule has 0 aliphatic heterocycles. The molecule has 31 heavy (non-hydrogen) atoms. The van der Waals surface area contributed by atoms with Crippen LogP contribution in [0.15, 0.2) is 33.3 Å². The van der Waals surface area contributed by atoms with E-state index in [0.717, 1.165) is 17.6 Å². The number of hydrogen-bond acceptors (Lipinski definition) is 8. The number of carboxylic acid groups (broad SMARTS) is 1. The van der Waals surface area contributed by atoms with Crippen molar-refractivity contribution in [2.45, 2.75) is 32.2 Å². The van der Waals surface area contributed by atoms with E-state index < -0.39 is 12.0 Å². The smallest absolute Gasteiger partial charge is 0.330 e. The lowest BCUT2D eigenvalue weighted by atomic mass is 10.1. The molecule has 12 heteroatoms. The van der Waals surface area contributed by atoms with Gasteiger partial charge in [0.15, 0.2) is 6.04 Å². The fourth-order valence-corrected chi connectivity index (χ4v) is 3.24. The Balaban J connectivity index is 1.35. The van der Waals surface area contributed by atoms with Crippen LogP contribution in [0, 0.1) is 11.2 Å². The maximum Gasteiger partial charge on any atom is 0.330 e. The minimum Gasteiger partial charge on any atom is -0.492 e. The largest absolute Gasteiger partial charge is 0.492 e. The first kappa shape index (κ1) is 21.2. The molecule has 1 saturated carbocycles. The third-order valence-electron chi connectivity index (χ3n) is 5.00. The molecule has 1 aliphatic carbocycles. The number of hydrogen-bond donors (Lipinski definition) is 1. The van der Waals surface area contributed by atoms with Crippen LogP contribution in [0.2, 0.25) is 0 Å². The number of rotatable bonds is 10. The fraction of sp³-hybridized carbons (Fsp3) is 0.421. The van der Waals surface area contributed by atoms with Crippen molar-refractivity contribution in [3.05, 3.63) is 34.6 Å². The Kier molecular flexibility index (Phi) is 5.90. The summed E-state index contributed by atoms with van der Waals surface area (Å²) in [5.74, 6) is -0.400. The molecule has 0 saturated heterocycles. The maximum absolute atomic E-state index is 13.4. The van der Waals surface area contributed by atoms with Gasteiger partial charge in [-0.1, -0.05) is 6.92 Å². The number of aromatic nitrogens is 5. The second-order valence-electron chi connectivity index (χ2n) is 7.38. The molecule has 1 aliphatic rings. The molecule has 0 spiro atoms. The van der Waals surface area contributed by atoms with Crippen LogP contribution >= 0.6 is 15.9 Å². The Morgan fingerprint density at radius 3 is 2.84 bits per heavy atom. The van der Waals surface area contributed by atoms with Gasteiger partial charge >= 0.3 is 5.97 Å². The van der Waals surface area contributed by atoms with Crippen LogP contribution < -0.4 is 9.47 Å². The zero-order valence-corrected chi connectivity index (χ0v) is 18.1. The lowest BCUT2D eigenvalue weighted by Gasteiger charge is -2.16. The number of benzene rings is 1. The van der Waals surface area contributed by atoms with E-state index in [9.17, 15) is 14.3 Å². The van der Waals surface area contributed by atoms with Crippen LogP contribution in [0.5, 0.6) is 11.6 Å². The van der Waals surface area contributed by atoms with E-state index in [4.69, 9.17) is 14.0 Å². The molecular weight excluding hydrogens is 477 g/mol. The van der Waals surface area contributed by atoms with Gasteiger partial charge in [-0.3, -0.25) is 0 Å². The molecular formula is C19H19BrFN5O5. The molecule has 3 aromatic rings. The first-order chi connectivity index (χ1) is 14.9. The topological polar surface area (TPSA) is 125 Å². The van der Waals surface area contributed by atoms with Crippen molar-refractivity contribution >= 4 is 21.9 Å². The van der Waals surface area contributed by atoms with E-state index in [0.29, 0.717) is 29.9 Å². The van der Waals surface area contributed by atoms with Crippen molar-refractivity contribution in [2.75, 3.05) is 13.2 Å². The van der Waals surface area contributed by atoms with Gasteiger partial charge in [0.2, 0.25) is 11.6 Å². The average molecular weight is 496 g/mol. The number of aliphatic carboxylic acids is 1. The number of halogens is 2. The van der Waals surface area contributed by atoms with Gasteiger partial charge in [0.25, 0.3) is 5.88 Å². The molecule has 4 rings (SSSR count). The second-order valence-corrected chi connectivity index (χ2v) is 8.23. The van der Waals surface area contributed by atoms with Gasteiger partial charge in [-0.15, -0.1) is 15.0 Å².